The number of rotatable bonds is 2. The molecule has 0 aromatic rings. The highest BCUT2D eigenvalue weighted by atomic mass is 16.5. The van der Waals surface area contributed by atoms with Crippen LogP contribution in [0.2, 0.25) is 0 Å². The van der Waals surface area contributed by atoms with Crippen LogP contribution >= 0.6 is 0 Å². The number of aliphatic hydroxyl groups is 2. The van der Waals surface area contributed by atoms with Crippen molar-refractivity contribution in [1.29, 1.82) is 0 Å². The van der Waals surface area contributed by atoms with Gasteiger partial charge < -0.3 is 19.7 Å². The molecule has 0 aliphatic heterocycles. The highest BCUT2D eigenvalue weighted by Crippen LogP contribution is 2.67. The SMILES string of the molecule is CC(=O)OC1CC[C@@]2(C)C(=CC[C@]3(O)[C@@H]2CC(OC(C)=O)[C@]2(C)C(=O)CC[C@]23O)C1. The predicted octanol–water partition coefficient (Wildman–Crippen LogP) is 2.22. The lowest BCUT2D eigenvalue weighted by molar-refractivity contribution is -0.288. The van der Waals surface area contributed by atoms with Gasteiger partial charge in [-0.2, -0.15) is 0 Å². The van der Waals surface area contributed by atoms with Crippen molar-refractivity contribution < 1.29 is 34.1 Å². The fraction of sp³-hybridized carbons (Fsp3) is 0.783. The minimum Gasteiger partial charge on any atom is -0.462 e. The van der Waals surface area contributed by atoms with Gasteiger partial charge in [-0.15, -0.1) is 0 Å². The number of hydrogen-bond donors (Lipinski definition) is 2. The Kier molecular flexibility index (Phi) is 4.75. The van der Waals surface area contributed by atoms with Crippen LogP contribution in [-0.4, -0.2) is 51.3 Å². The van der Waals surface area contributed by atoms with Crippen LogP contribution in [-0.2, 0) is 23.9 Å². The fourth-order valence-corrected chi connectivity index (χ4v) is 7.08. The van der Waals surface area contributed by atoms with Gasteiger partial charge in [-0.3, -0.25) is 14.4 Å². The molecule has 2 unspecified atom stereocenters. The monoisotopic (exact) mass is 420 g/mol. The molecule has 0 aromatic heterocycles. The summed E-state index contributed by atoms with van der Waals surface area (Å²) in [6.45, 7) is 6.43. The standard InChI is InChI=1S/C23H32O7/c1-13(24)29-16-6-8-20(3)15(11-16)5-9-22(27)17(20)12-19(30-14(2)25)21(4)18(26)7-10-23(21,22)28/h5,16-17,19,27-28H,6-12H2,1-4H3/t16?,17-,19?,20+,21+,22+,23+/m1/s1. The molecule has 2 N–H and O–H groups in total. The van der Waals surface area contributed by atoms with Crippen LogP contribution in [0.1, 0.15) is 72.6 Å². The minimum atomic E-state index is -1.67. The van der Waals surface area contributed by atoms with Crippen LogP contribution in [0.4, 0.5) is 0 Å². The van der Waals surface area contributed by atoms with Gasteiger partial charge in [0.05, 0.1) is 5.41 Å². The van der Waals surface area contributed by atoms with E-state index in [0.29, 0.717) is 25.7 Å². The van der Waals surface area contributed by atoms with Crippen molar-refractivity contribution in [3.8, 4) is 0 Å². The van der Waals surface area contributed by atoms with E-state index in [9.17, 15) is 24.6 Å². The Morgan fingerprint density at radius 3 is 2.40 bits per heavy atom. The van der Waals surface area contributed by atoms with Gasteiger partial charge in [0, 0.05) is 32.6 Å². The first-order valence-corrected chi connectivity index (χ1v) is 10.9. The number of carbonyl (C=O) groups excluding carboxylic acids is 3. The summed E-state index contributed by atoms with van der Waals surface area (Å²) < 4.78 is 11.1. The molecule has 7 heteroatoms. The first-order valence-electron chi connectivity index (χ1n) is 10.9. The van der Waals surface area contributed by atoms with E-state index in [2.05, 4.69) is 6.92 Å². The molecule has 3 saturated carbocycles. The third kappa shape index (κ3) is 2.60. The van der Waals surface area contributed by atoms with E-state index in [1.165, 1.54) is 13.8 Å². The number of esters is 2. The Balaban J connectivity index is 1.77. The maximum absolute atomic E-state index is 12.9. The fourth-order valence-electron chi connectivity index (χ4n) is 7.08. The summed E-state index contributed by atoms with van der Waals surface area (Å²) in [5, 5.41) is 23.9. The molecular weight excluding hydrogens is 388 g/mol. The lowest BCUT2D eigenvalue weighted by Gasteiger charge is -2.65. The molecule has 0 bridgehead atoms. The zero-order valence-corrected chi connectivity index (χ0v) is 18.2. The molecule has 166 valence electrons. The van der Waals surface area contributed by atoms with E-state index in [4.69, 9.17) is 9.47 Å². The highest BCUT2D eigenvalue weighted by Gasteiger charge is 2.77. The summed E-state index contributed by atoms with van der Waals surface area (Å²) in [7, 11) is 0. The first kappa shape index (κ1) is 21.5. The lowest BCUT2D eigenvalue weighted by atomic mass is 9.43. The molecule has 0 aromatic carbocycles. The van der Waals surface area contributed by atoms with Crippen molar-refractivity contribution in [3.05, 3.63) is 11.6 Å². The summed E-state index contributed by atoms with van der Waals surface area (Å²) in [4.78, 5) is 36.2. The molecule has 0 saturated heterocycles. The number of ketones is 1. The second kappa shape index (κ2) is 6.63. The molecule has 30 heavy (non-hydrogen) atoms. The second-order valence-corrected chi connectivity index (χ2v) is 10.1. The molecule has 3 fully saturated rings. The topological polar surface area (TPSA) is 110 Å². The summed E-state index contributed by atoms with van der Waals surface area (Å²) in [5.74, 6) is -1.35. The van der Waals surface area contributed by atoms with Crippen LogP contribution in [0.3, 0.4) is 0 Å². The Morgan fingerprint density at radius 2 is 1.77 bits per heavy atom. The molecule has 0 spiro atoms. The summed E-state index contributed by atoms with van der Waals surface area (Å²) >= 11 is 0. The van der Waals surface area contributed by atoms with Gasteiger partial charge in [-0.1, -0.05) is 18.6 Å². The maximum atomic E-state index is 12.9. The van der Waals surface area contributed by atoms with Crippen molar-refractivity contribution in [2.45, 2.75) is 96.1 Å². The third-order valence-corrected chi connectivity index (χ3v) is 8.78. The maximum Gasteiger partial charge on any atom is 0.302 e. The summed E-state index contributed by atoms with van der Waals surface area (Å²) in [6.07, 6.45) is 3.77. The van der Waals surface area contributed by atoms with Crippen molar-refractivity contribution in [1.82, 2.24) is 0 Å². The number of carbonyl (C=O) groups is 3. The minimum absolute atomic E-state index is 0.154. The molecule has 0 radical (unpaired) electrons. The van der Waals surface area contributed by atoms with E-state index in [0.717, 1.165) is 5.57 Å². The van der Waals surface area contributed by atoms with Crippen molar-refractivity contribution in [3.63, 3.8) is 0 Å². The average molecular weight is 421 g/mol. The average Bonchev–Trinajstić information content (AvgIpc) is 2.90. The summed E-state index contributed by atoms with van der Waals surface area (Å²) in [6, 6.07) is 0. The normalized spacial score (nSPS) is 47.5. The van der Waals surface area contributed by atoms with E-state index in [1.54, 1.807) is 6.92 Å². The van der Waals surface area contributed by atoms with Gasteiger partial charge in [0.25, 0.3) is 0 Å². The zero-order valence-electron chi connectivity index (χ0n) is 18.2. The Labute approximate surface area is 176 Å². The Hall–Kier alpha value is -1.73. The van der Waals surface area contributed by atoms with Crippen molar-refractivity contribution >= 4 is 17.7 Å². The first-order chi connectivity index (χ1) is 13.9. The van der Waals surface area contributed by atoms with Gasteiger partial charge in [-0.25, -0.2) is 0 Å². The molecule has 7 atom stereocenters. The molecular formula is C23H32O7. The smallest absolute Gasteiger partial charge is 0.302 e. The number of fused-ring (bicyclic) bond motifs is 5. The molecule has 4 aliphatic carbocycles. The van der Waals surface area contributed by atoms with Gasteiger partial charge >= 0.3 is 11.9 Å². The van der Waals surface area contributed by atoms with E-state index in [-0.39, 0.29) is 43.0 Å². The van der Waals surface area contributed by atoms with E-state index in [1.807, 2.05) is 6.08 Å². The second-order valence-electron chi connectivity index (χ2n) is 10.1. The number of ether oxygens (including phenoxy) is 2. The number of Topliss-reactive ketones (excluding diaryl/α,β-unsaturated/α-hetero) is 1. The van der Waals surface area contributed by atoms with Crippen LogP contribution in [0.15, 0.2) is 11.6 Å². The molecule has 4 rings (SSSR count). The van der Waals surface area contributed by atoms with Crippen LogP contribution in [0, 0.1) is 16.7 Å². The van der Waals surface area contributed by atoms with E-state index >= 15 is 0 Å². The van der Waals surface area contributed by atoms with Gasteiger partial charge in [0.1, 0.15) is 29.2 Å². The third-order valence-electron chi connectivity index (χ3n) is 8.78. The predicted molar refractivity (Wildman–Crippen MR) is 106 cm³/mol. The quantitative estimate of drug-likeness (QED) is 0.521. The largest absolute Gasteiger partial charge is 0.462 e. The Morgan fingerprint density at radius 1 is 1.10 bits per heavy atom. The highest BCUT2D eigenvalue weighted by molar-refractivity contribution is 5.90. The van der Waals surface area contributed by atoms with Crippen molar-refractivity contribution in [2.24, 2.45) is 16.7 Å². The lowest BCUT2D eigenvalue weighted by Crippen LogP contribution is -2.75. The number of hydrogen-bond acceptors (Lipinski definition) is 7. The van der Waals surface area contributed by atoms with Gasteiger partial charge in [0.2, 0.25) is 0 Å². The Bertz CT molecular complexity index is 833. The van der Waals surface area contributed by atoms with Crippen LogP contribution in [0.25, 0.3) is 0 Å². The molecule has 4 aliphatic rings. The van der Waals surface area contributed by atoms with Crippen LogP contribution < -0.4 is 0 Å². The van der Waals surface area contributed by atoms with Gasteiger partial charge in [-0.05, 0) is 44.4 Å². The summed E-state index contributed by atoms with van der Waals surface area (Å²) in [5.41, 5.74) is -3.83. The molecule has 0 amide bonds. The zero-order chi connectivity index (χ0) is 22.1. The molecule has 7 nitrogen and oxygen atoms in total. The van der Waals surface area contributed by atoms with Crippen LogP contribution in [0.5, 0.6) is 0 Å². The molecule has 0 heterocycles. The van der Waals surface area contributed by atoms with E-state index < -0.39 is 34.1 Å². The van der Waals surface area contributed by atoms with Gasteiger partial charge in [0.15, 0.2) is 0 Å². The van der Waals surface area contributed by atoms with Crippen molar-refractivity contribution in [2.75, 3.05) is 0 Å².